The van der Waals surface area contributed by atoms with Crippen molar-refractivity contribution >= 4 is 22.0 Å². The van der Waals surface area contributed by atoms with Crippen molar-refractivity contribution in [2.24, 2.45) is 0 Å². The minimum absolute atomic E-state index is 0.0145. The molecule has 4 nitrogen and oxygen atoms in total. The Bertz CT molecular complexity index is 525. The molecule has 0 radical (unpaired) electrons. The highest BCUT2D eigenvalue weighted by Crippen LogP contribution is 2.26. The van der Waals surface area contributed by atoms with Crippen molar-refractivity contribution < 1.29 is 13.9 Å². The molecular formula is C16H22BrFN2O2. The van der Waals surface area contributed by atoms with Crippen LogP contribution in [-0.4, -0.2) is 24.3 Å². The smallest absolute Gasteiger partial charge is 0.407 e. The Labute approximate surface area is 138 Å². The topological polar surface area (TPSA) is 50.4 Å². The van der Waals surface area contributed by atoms with Gasteiger partial charge in [0.05, 0.1) is 0 Å². The minimum Gasteiger partial charge on any atom is -0.444 e. The van der Waals surface area contributed by atoms with E-state index in [1.807, 2.05) is 26.8 Å². The number of carbonyl (C=O) groups excluding carboxylic acids is 1. The monoisotopic (exact) mass is 372 g/mol. The molecule has 2 unspecified atom stereocenters. The first kappa shape index (κ1) is 17.2. The van der Waals surface area contributed by atoms with E-state index in [9.17, 15) is 9.18 Å². The van der Waals surface area contributed by atoms with Crippen LogP contribution in [0.15, 0.2) is 22.7 Å². The van der Waals surface area contributed by atoms with Crippen molar-refractivity contribution in [1.82, 2.24) is 10.6 Å². The zero-order valence-corrected chi connectivity index (χ0v) is 14.7. The number of alkyl carbamates (subject to hydrolysis) is 1. The maximum absolute atomic E-state index is 13.5. The number of halogens is 2. The highest BCUT2D eigenvalue weighted by Gasteiger charge is 2.26. The largest absolute Gasteiger partial charge is 0.444 e. The fourth-order valence-electron chi connectivity index (χ4n) is 2.55. The zero-order valence-electron chi connectivity index (χ0n) is 13.1. The number of nitrogens with one attached hydrogen (secondary N) is 2. The van der Waals surface area contributed by atoms with Crippen LogP contribution in [0.4, 0.5) is 9.18 Å². The predicted molar refractivity (Wildman–Crippen MR) is 87.2 cm³/mol. The summed E-state index contributed by atoms with van der Waals surface area (Å²) in [7, 11) is 0. The predicted octanol–water partition coefficient (Wildman–Crippen LogP) is 3.91. The minimum atomic E-state index is -0.510. The van der Waals surface area contributed by atoms with E-state index < -0.39 is 11.7 Å². The van der Waals surface area contributed by atoms with E-state index in [0.717, 1.165) is 18.5 Å². The molecule has 0 aromatic heterocycles. The Balaban J connectivity index is 1.98. The molecule has 1 heterocycles. The third-order valence-electron chi connectivity index (χ3n) is 3.41. The highest BCUT2D eigenvalue weighted by molar-refractivity contribution is 9.10. The second kappa shape index (κ2) is 6.96. The Morgan fingerprint density at radius 1 is 1.41 bits per heavy atom. The zero-order chi connectivity index (χ0) is 16.3. The summed E-state index contributed by atoms with van der Waals surface area (Å²) >= 11 is 3.31. The van der Waals surface area contributed by atoms with Crippen molar-refractivity contribution in [3.05, 3.63) is 34.1 Å². The molecular weight excluding hydrogens is 351 g/mol. The van der Waals surface area contributed by atoms with Crippen LogP contribution < -0.4 is 10.6 Å². The number of hydrogen-bond donors (Lipinski definition) is 2. The van der Waals surface area contributed by atoms with E-state index in [2.05, 4.69) is 26.6 Å². The third kappa shape index (κ3) is 5.25. The van der Waals surface area contributed by atoms with Crippen LogP contribution in [-0.2, 0) is 4.74 Å². The van der Waals surface area contributed by atoms with Gasteiger partial charge in [0.25, 0.3) is 0 Å². The summed E-state index contributed by atoms with van der Waals surface area (Å²) in [6, 6.07) is 4.89. The second-order valence-corrected chi connectivity index (χ2v) is 7.49. The molecule has 1 aliphatic heterocycles. The summed E-state index contributed by atoms with van der Waals surface area (Å²) < 4.78 is 19.5. The molecule has 0 saturated carbocycles. The molecule has 1 aliphatic rings. The first-order valence-electron chi connectivity index (χ1n) is 7.42. The van der Waals surface area contributed by atoms with Gasteiger partial charge in [0.15, 0.2) is 0 Å². The van der Waals surface area contributed by atoms with Gasteiger partial charge in [0, 0.05) is 16.6 Å². The van der Waals surface area contributed by atoms with E-state index in [0.29, 0.717) is 10.9 Å². The summed E-state index contributed by atoms with van der Waals surface area (Å²) in [5, 5.41) is 6.26. The number of piperidine rings is 1. The van der Waals surface area contributed by atoms with Gasteiger partial charge < -0.3 is 15.4 Å². The van der Waals surface area contributed by atoms with E-state index in [1.165, 1.54) is 12.1 Å². The maximum atomic E-state index is 13.5. The lowest BCUT2D eigenvalue weighted by molar-refractivity contribution is 0.0490. The van der Waals surface area contributed by atoms with Crippen LogP contribution >= 0.6 is 15.9 Å². The van der Waals surface area contributed by atoms with Gasteiger partial charge in [-0.1, -0.05) is 15.9 Å². The molecule has 1 fully saturated rings. The van der Waals surface area contributed by atoms with E-state index in [-0.39, 0.29) is 17.9 Å². The van der Waals surface area contributed by atoms with Gasteiger partial charge in [0.1, 0.15) is 11.4 Å². The molecule has 0 bridgehead atoms. The molecule has 1 amide bonds. The van der Waals surface area contributed by atoms with Gasteiger partial charge in [-0.2, -0.15) is 0 Å². The van der Waals surface area contributed by atoms with Gasteiger partial charge in [-0.25, -0.2) is 9.18 Å². The lowest BCUT2D eigenvalue weighted by atomic mass is 9.94. The Kier molecular flexibility index (Phi) is 5.45. The van der Waals surface area contributed by atoms with Crippen LogP contribution in [0.1, 0.15) is 45.2 Å². The van der Waals surface area contributed by atoms with Crippen LogP contribution in [0.5, 0.6) is 0 Å². The second-order valence-electron chi connectivity index (χ2n) is 6.58. The van der Waals surface area contributed by atoms with Gasteiger partial charge in [-0.3, -0.25) is 0 Å². The molecule has 22 heavy (non-hydrogen) atoms. The van der Waals surface area contributed by atoms with Gasteiger partial charge in [-0.05, 0) is 63.9 Å². The Morgan fingerprint density at radius 2 is 2.14 bits per heavy atom. The quantitative estimate of drug-likeness (QED) is 0.827. The van der Waals surface area contributed by atoms with E-state index in [1.54, 1.807) is 0 Å². The molecule has 1 aromatic carbocycles. The number of ether oxygens (including phenoxy) is 1. The maximum Gasteiger partial charge on any atom is 0.407 e. The molecule has 2 N–H and O–H groups in total. The molecule has 2 rings (SSSR count). The Morgan fingerprint density at radius 3 is 2.77 bits per heavy atom. The first-order chi connectivity index (χ1) is 10.2. The van der Waals surface area contributed by atoms with Crippen molar-refractivity contribution in [1.29, 1.82) is 0 Å². The SMILES string of the molecule is CC(C)(C)OC(=O)NC1CCNC(c2cc(F)cc(Br)c2)C1. The summed E-state index contributed by atoms with van der Waals surface area (Å²) in [5.74, 6) is -0.270. The third-order valence-corrected chi connectivity index (χ3v) is 3.87. The number of amides is 1. The molecule has 0 spiro atoms. The molecule has 0 aliphatic carbocycles. The van der Waals surface area contributed by atoms with Crippen molar-refractivity contribution in [2.75, 3.05) is 6.54 Å². The first-order valence-corrected chi connectivity index (χ1v) is 8.21. The Hall–Kier alpha value is -1.14. The molecule has 122 valence electrons. The fraction of sp³-hybridized carbons (Fsp3) is 0.562. The van der Waals surface area contributed by atoms with E-state index in [4.69, 9.17) is 4.74 Å². The number of carbonyl (C=O) groups is 1. The summed E-state index contributed by atoms with van der Waals surface area (Å²) in [6.45, 7) is 6.27. The van der Waals surface area contributed by atoms with Gasteiger partial charge >= 0.3 is 6.09 Å². The van der Waals surface area contributed by atoms with Crippen LogP contribution in [0.3, 0.4) is 0 Å². The number of rotatable bonds is 2. The summed E-state index contributed by atoms with van der Waals surface area (Å²) in [4.78, 5) is 11.9. The molecule has 6 heteroatoms. The molecule has 2 atom stereocenters. The van der Waals surface area contributed by atoms with Crippen molar-refractivity contribution in [2.45, 2.75) is 51.3 Å². The summed E-state index contributed by atoms with van der Waals surface area (Å²) in [5.41, 5.74) is 0.367. The van der Waals surface area contributed by atoms with Crippen LogP contribution in [0.25, 0.3) is 0 Å². The normalized spacial score (nSPS) is 22.2. The standard InChI is InChI=1S/C16H22BrFN2O2/c1-16(2,3)22-15(21)20-13-4-5-19-14(9-13)10-6-11(17)8-12(18)7-10/h6-8,13-14,19H,4-5,9H2,1-3H3,(H,20,21). The fourth-order valence-corrected chi connectivity index (χ4v) is 3.04. The van der Waals surface area contributed by atoms with Crippen LogP contribution in [0, 0.1) is 5.82 Å². The lowest BCUT2D eigenvalue weighted by Gasteiger charge is -2.32. The van der Waals surface area contributed by atoms with Crippen molar-refractivity contribution in [3.8, 4) is 0 Å². The van der Waals surface area contributed by atoms with Crippen LogP contribution in [0.2, 0.25) is 0 Å². The molecule has 1 aromatic rings. The number of benzene rings is 1. The number of hydrogen-bond acceptors (Lipinski definition) is 3. The highest BCUT2D eigenvalue weighted by atomic mass is 79.9. The van der Waals surface area contributed by atoms with Crippen molar-refractivity contribution in [3.63, 3.8) is 0 Å². The average Bonchev–Trinajstić information content (AvgIpc) is 2.35. The molecule has 1 saturated heterocycles. The van der Waals surface area contributed by atoms with Gasteiger partial charge in [0.2, 0.25) is 0 Å². The van der Waals surface area contributed by atoms with Gasteiger partial charge in [-0.15, -0.1) is 0 Å². The lowest BCUT2D eigenvalue weighted by Crippen LogP contribution is -2.45. The van der Waals surface area contributed by atoms with E-state index >= 15 is 0 Å². The summed E-state index contributed by atoms with van der Waals surface area (Å²) in [6.07, 6.45) is 1.13. The average molecular weight is 373 g/mol.